The van der Waals surface area contributed by atoms with Crippen molar-refractivity contribution >= 4 is 29.3 Å². The molecule has 0 aliphatic heterocycles. The first-order chi connectivity index (χ1) is 12.1. The minimum atomic E-state index is -0.172. The molecule has 3 rings (SSSR count). The number of nitrogens with zero attached hydrogens (tertiary/aromatic N) is 1. The molecule has 1 heterocycles. The number of aryl methyl sites for hydroxylation is 1. The number of carbonyl (C=O) groups excluding carboxylic acids is 1. The molecule has 0 atom stereocenters. The van der Waals surface area contributed by atoms with E-state index in [9.17, 15) is 4.79 Å². The third-order valence-electron chi connectivity index (χ3n) is 3.61. The van der Waals surface area contributed by atoms with Crippen LogP contribution in [0.5, 0.6) is 0 Å². The van der Waals surface area contributed by atoms with E-state index in [1.54, 1.807) is 18.7 Å². The Bertz CT molecular complexity index is 848. The molecule has 0 bridgehead atoms. The normalized spacial score (nSPS) is 10.6. The average molecular weight is 373 g/mol. The molecule has 1 aromatic heterocycles. The molecular formula is C19H17ClN2O2S. The van der Waals surface area contributed by atoms with Gasteiger partial charge in [0.1, 0.15) is 17.0 Å². The van der Waals surface area contributed by atoms with Crippen molar-refractivity contribution in [2.75, 3.05) is 12.3 Å². The van der Waals surface area contributed by atoms with Gasteiger partial charge in [-0.15, -0.1) is 11.8 Å². The van der Waals surface area contributed by atoms with E-state index in [0.717, 1.165) is 16.2 Å². The quantitative estimate of drug-likeness (QED) is 0.497. The Balaban J connectivity index is 1.60. The van der Waals surface area contributed by atoms with Gasteiger partial charge in [0.25, 0.3) is 5.91 Å². The van der Waals surface area contributed by atoms with Crippen molar-refractivity contribution in [3.05, 3.63) is 70.9 Å². The van der Waals surface area contributed by atoms with Crippen LogP contribution in [0, 0.1) is 6.92 Å². The lowest BCUT2D eigenvalue weighted by atomic mass is 10.1. The van der Waals surface area contributed by atoms with Crippen LogP contribution < -0.4 is 5.32 Å². The van der Waals surface area contributed by atoms with Gasteiger partial charge in [-0.2, -0.15) is 0 Å². The van der Waals surface area contributed by atoms with Crippen molar-refractivity contribution < 1.29 is 9.32 Å². The van der Waals surface area contributed by atoms with Gasteiger partial charge in [-0.05, 0) is 31.2 Å². The highest BCUT2D eigenvalue weighted by Gasteiger charge is 2.21. The van der Waals surface area contributed by atoms with Gasteiger partial charge in [0.05, 0.1) is 0 Å². The van der Waals surface area contributed by atoms with Crippen LogP contribution >= 0.6 is 23.4 Å². The van der Waals surface area contributed by atoms with Gasteiger partial charge in [0, 0.05) is 27.8 Å². The number of hydrogen-bond acceptors (Lipinski definition) is 4. The molecule has 0 spiro atoms. The zero-order valence-electron chi connectivity index (χ0n) is 13.7. The maximum atomic E-state index is 12.5. The van der Waals surface area contributed by atoms with Gasteiger partial charge < -0.3 is 9.84 Å². The minimum Gasteiger partial charge on any atom is -0.360 e. The number of amides is 1. The number of thioether (sulfide) groups is 1. The Morgan fingerprint density at radius 3 is 2.60 bits per heavy atom. The highest BCUT2D eigenvalue weighted by molar-refractivity contribution is 7.99. The van der Waals surface area contributed by atoms with Crippen molar-refractivity contribution in [1.82, 2.24) is 10.5 Å². The van der Waals surface area contributed by atoms with Gasteiger partial charge in [-0.25, -0.2) is 0 Å². The van der Waals surface area contributed by atoms with Crippen molar-refractivity contribution in [2.24, 2.45) is 0 Å². The summed E-state index contributed by atoms with van der Waals surface area (Å²) in [7, 11) is 0. The van der Waals surface area contributed by atoms with Crippen LogP contribution in [0.3, 0.4) is 0 Å². The van der Waals surface area contributed by atoms with Crippen LogP contribution in [0.2, 0.25) is 5.02 Å². The fourth-order valence-corrected chi connectivity index (χ4v) is 3.28. The molecule has 0 saturated heterocycles. The van der Waals surface area contributed by atoms with E-state index >= 15 is 0 Å². The smallest absolute Gasteiger partial charge is 0.257 e. The molecule has 4 nitrogen and oxygen atoms in total. The largest absolute Gasteiger partial charge is 0.360 e. The van der Waals surface area contributed by atoms with E-state index in [2.05, 4.69) is 10.5 Å². The summed E-state index contributed by atoms with van der Waals surface area (Å²) in [6, 6.07) is 17.2. The van der Waals surface area contributed by atoms with Crippen molar-refractivity contribution in [2.45, 2.75) is 11.8 Å². The number of hydrogen-bond donors (Lipinski definition) is 1. The van der Waals surface area contributed by atoms with Crippen molar-refractivity contribution in [1.29, 1.82) is 0 Å². The summed E-state index contributed by atoms with van der Waals surface area (Å²) in [6.45, 7) is 2.29. The second-order valence-corrected chi connectivity index (χ2v) is 6.99. The van der Waals surface area contributed by atoms with Gasteiger partial charge >= 0.3 is 0 Å². The minimum absolute atomic E-state index is 0.172. The van der Waals surface area contributed by atoms with E-state index in [1.165, 1.54) is 0 Å². The average Bonchev–Trinajstić information content (AvgIpc) is 3.02. The van der Waals surface area contributed by atoms with Crippen LogP contribution in [0.15, 0.2) is 64.0 Å². The standard InChI is InChI=1S/C19H17ClN2O2S/c1-13-17(18(22-24-13)14-5-3-2-4-6-14)19(23)21-11-12-25-16-9-7-15(20)8-10-16/h2-10H,11-12H2,1H3,(H,21,23). The lowest BCUT2D eigenvalue weighted by Crippen LogP contribution is -2.26. The van der Waals surface area contributed by atoms with E-state index < -0.39 is 0 Å². The predicted molar refractivity (Wildman–Crippen MR) is 101 cm³/mol. The van der Waals surface area contributed by atoms with Crippen LogP contribution in [0.25, 0.3) is 11.3 Å². The van der Waals surface area contributed by atoms with Gasteiger partial charge in [0.2, 0.25) is 0 Å². The predicted octanol–water partition coefficient (Wildman–Crippen LogP) is 4.83. The van der Waals surface area contributed by atoms with Gasteiger partial charge in [-0.1, -0.05) is 47.1 Å². The molecule has 2 aromatic carbocycles. The second kappa shape index (κ2) is 8.23. The van der Waals surface area contributed by atoms with E-state index in [1.807, 2.05) is 54.6 Å². The molecule has 128 valence electrons. The SMILES string of the molecule is Cc1onc(-c2ccccc2)c1C(=O)NCCSc1ccc(Cl)cc1. The number of carbonyl (C=O) groups is 1. The van der Waals surface area contributed by atoms with Crippen LogP contribution in [0.4, 0.5) is 0 Å². The molecule has 0 aliphatic carbocycles. The van der Waals surface area contributed by atoms with Gasteiger partial charge in [-0.3, -0.25) is 4.79 Å². The Morgan fingerprint density at radius 1 is 1.16 bits per heavy atom. The highest BCUT2D eigenvalue weighted by Crippen LogP contribution is 2.25. The third-order valence-corrected chi connectivity index (χ3v) is 4.87. The molecule has 1 N–H and O–H groups in total. The molecule has 0 saturated carbocycles. The van der Waals surface area contributed by atoms with Crippen LogP contribution in [-0.4, -0.2) is 23.4 Å². The Kier molecular flexibility index (Phi) is 5.79. The molecule has 6 heteroatoms. The number of halogens is 1. The summed E-state index contributed by atoms with van der Waals surface area (Å²) in [5, 5.41) is 7.69. The molecule has 0 unspecified atom stereocenters. The number of benzene rings is 2. The molecule has 1 amide bonds. The fraction of sp³-hybridized carbons (Fsp3) is 0.158. The van der Waals surface area contributed by atoms with Crippen LogP contribution in [-0.2, 0) is 0 Å². The maximum absolute atomic E-state index is 12.5. The Labute approximate surface area is 155 Å². The summed E-state index contributed by atoms with van der Waals surface area (Å²) in [4.78, 5) is 13.7. The lowest BCUT2D eigenvalue weighted by molar-refractivity contribution is 0.0955. The monoisotopic (exact) mass is 372 g/mol. The lowest BCUT2D eigenvalue weighted by Gasteiger charge is -2.06. The topological polar surface area (TPSA) is 55.1 Å². The molecule has 25 heavy (non-hydrogen) atoms. The first kappa shape index (κ1) is 17.6. The molecular weight excluding hydrogens is 356 g/mol. The summed E-state index contributed by atoms with van der Waals surface area (Å²) < 4.78 is 5.23. The summed E-state index contributed by atoms with van der Waals surface area (Å²) >= 11 is 7.53. The number of nitrogens with one attached hydrogen (secondary N) is 1. The Hall–Kier alpha value is -2.24. The highest BCUT2D eigenvalue weighted by atomic mass is 35.5. The molecule has 0 fully saturated rings. The second-order valence-electron chi connectivity index (χ2n) is 5.39. The summed E-state index contributed by atoms with van der Waals surface area (Å²) in [5.74, 6) is 1.11. The van der Waals surface area contributed by atoms with Crippen molar-refractivity contribution in [3.63, 3.8) is 0 Å². The zero-order valence-corrected chi connectivity index (χ0v) is 15.2. The first-order valence-electron chi connectivity index (χ1n) is 7.83. The molecule has 0 radical (unpaired) electrons. The Morgan fingerprint density at radius 2 is 1.88 bits per heavy atom. The van der Waals surface area contributed by atoms with Crippen LogP contribution in [0.1, 0.15) is 16.1 Å². The first-order valence-corrected chi connectivity index (χ1v) is 9.20. The van der Waals surface area contributed by atoms with E-state index in [4.69, 9.17) is 16.1 Å². The molecule has 3 aromatic rings. The van der Waals surface area contributed by atoms with E-state index in [0.29, 0.717) is 28.6 Å². The summed E-state index contributed by atoms with van der Waals surface area (Å²) in [5.41, 5.74) is 1.92. The third kappa shape index (κ3) is 4.44. The van der Waals surface area contributed by atoms with E-state index in [-0.39, 0.29) is 5.91 Å². The molecule has 0 aliphatic rings. The summed E-state index contributed by atoms with van der Waals surface area (Å²) in [6.07, 6.45) is 0. The maximum Gasteiger partial charge on any atom is 0.257 e. The number of aromatic nitrogens is 1. The zero-order chi connectivity index (χ0) is 17.6. The van der Waals surface area contributed by atoms with Gasteiger partial charge in [0.15, 0.2) is 0 Å². The number of rotatable bonds is 6. The fourth-order valence-electron chi connectivity index (χ4n) is 2.39. The van der Waals surface area contributed by atoms with Crippen molar-refractivity contribution in [3.8, 4) is 11.3 Å².